The van der Waals surface area contributed by atoms with Gasteiger partial charge in [-0.05, 0) is 17.7 Å². The third kappa shape index (κ3) is 3.66. The van der Waals surface area contributed by atoms with Crippen molar-refractivity contribution in [3.63, 3.8) is 0 Å². The maximum Gasteiger partial charge on any atom is 0.309 e. The Labute approximate surface area is 89.0 Å². The SMILES string of the molecule is COC(=O)CC=Cc1ccc(S)cc1. The van der Waals surface area contributed by atoms with Crippen LogP contribution in [-0.4, -0.2) is 13.1 Å². The highest BCUT2D eigenvalue weighted by molar-refractivity contribution is 7.80. The van der Waals surface area contributed by atoms with E-state index < -0.39 is 0 Å². The summed E-state index contributed by atoms with van der Waals surface area (Å²) in [5.41, 5.74) is 1.05. The molecule has 0 aliphatic rings. The fourth-order valence-corrected chi connectivity index (χ4v) is 1.11. The van der Waals surface area contributed by atoms with Crippen LogP contribution in [0, 0.1) is 0 Å². The molecule has 0 radical (unpaired) electrons. The molecule has 74 valence electrons. The lowest BCUT2D eigenvalue weighted by atomic mass is 10.2. The normalized spacial score (nSPS) is 10.4. The summed E-state index contributed by atoms with van der Waals surface area (Å²) in [6.45, 7) is 0. The highest BCUT2D eigenvalue weighted by atomic mass is 32.1. The molecule has 14 heavy (non-hydrogen) atoms. The first kappa shape index (κ1) is 10.9. The van der Waals surface area contributed by atoms with Gasteiger partial charge in [-0.25, -0.2) is 0 Å². The molecule has 0 aromatic heterocycles. The summed E-state index contributed by atoms with van der Waals surface area (Å²) in [6, 6.07) is 7.69. The smallest absolute Gasteiger partial charge is 0.309 e. The quantitative estimate of drug-likeness (QED) is 0.610. The molecule has 1 aromatic rings. The number of carbonyl (C=O) groups excluding carboxylic acids is 1. The minimum atomic E-state index is -0.230. The maximum atomic E-state index is 10.8. The van der Waals surface area contributed by atoms with Crippen LogP contribution in [0.2, 0.25) is 0 Å². The zero-order valence-corrected chi connectivity index (χ0v) is 8.83. The van der Waals surface area contributed by atoms with Crippen LogP contribution in [0.3, 0.4) is 0 Å². The molecule has 0 N–H and O–H groups in total. The Morgan fingerprint density at radius 3 is 2.64 bits per heavy atom. The summed E-state index contributed by atoms with van der Waals surface area (Å²) in [5.74, 6) is -0.230. The van der Waals surface area contributed by atoms with Crippen molar-refractivity contribution in [2.75, 3.05) is 7.11 Å². The fourth-order valence-electron chi connectivity index (χ4n) is 0.960. The van der Waals surface area contributed by atoms with E-state index >= 15 is 0 Å². The standard InChI is InChI=1S/C11H12O2S/c1-13-11(12)4-2-3-9-5-7-10(14)8-6-9/h2-3,5-8,14H,4H2,1H3. The molecule has 0 aliphatic heterocycles. The zero-order valence-electron chi connectivity index (χ0n) is 7.93. The maximum absolute atomic E-state index is 10.8. The molecule has 0 amide bonds. The molecule has 1 aromatic carbocycles. The third-order valence-electron chi connectivity index (χ3n) is 1.72. The molecule has 0 bridgehead atoms. The lowest BCUT2D eigenvalue weighted by Crippen LogP contribution is -1.96. The average molecular weight is 208 g/mol. The highest BCUT2D eigenvalue weighted by Crippen LogP contribution is 2.09. The molecule has 0 fully saturated rings. The first-order valence-corrected chi connectivity index (χ1v) is 4.69. The van der Waals surface area contributed by atoms with Gasteiger partial charge in [-0.1, -0.05) is 24.3 Å². The lowest BCUT2D eigenvalue weighted by Gasteiger charge is -1.94. The second-order valence-corrected chi connectivity index (χ2v) is 3.29. The molecule has 0 saturated heterocycles. The van der Waals surface area contributed by atoms with E-state index in [4.69, 9.17) is 0 Å². The Balaban J connectivity index is 2.52. The van der Waals surface area contributed by atoms with E-state index in [0.29, 0.717) is 6.42 Å². The lowest BCUT2D eigenvalue weighted by molar-refractivity contribution is -0.139. The number of esters is 1. The van der Waals surface area contributed by atoms with Crippen LogP contribution in [0.15, 0.2) is 35.2 Å². The van der Waals surface area contributed by atoms with Gasteiger partial charge in [0.25, 0.3) is 0 Å². The number of thiol groups is 1. The molecule has 1 rings (SSSR count). The van der Waals surface area contributed by atoms with E-state index in [-0.39, 0.29) is 5.97 Å². The molecule has 0 aliphatic carbocycles. The Morgan fingerprint density at radius 1 is 1.43 bits per heavy atom. The van der Waals surface area contributed by atoms with Gasteiger partial charge in [-0.2, -0.15) is 0 Å². The van der Waals surface area contributed by atoms with Crippen LogP contribution in [-0.2, 0) is 9.53 Å². The first-order valence-electron chi connectivity index (χ1n) is 4.25. The molecule has 0 atom stereocenters. The van der Waals surface area contributed by atoms with E-state index in [1.54, 1.807) is 6.08 Å². The summed E-state index contributed by atoms with van der Waals surface area (Å²) in [6.07, 6.45) is 3.96. The topological polar surface area (TPSA) is 26.3 Å². The molecular formula is C11H12O2S. The monoisotopic (exact) mass is 208 g/mol. The second-order valence-electron chi connectivity index (χ2n) is 2.77. The summed E-state index contributed by atoms with van der Waals surface area (Å²) in [4.78, 5) is 11.7. The predicted molar refractivity (Wildman–Crippen MR) is 59.4 cm³/mol. The van der Waals surface area contributed by atoms with Crippen molar-refractivity contribution >= 4 is 24.7 Å². The summed E-state index contributed by atoms with van der Waals surface area (Å²) < 4.78 is 4.50. The van der Waals surface area contributed by atoms with Crippen LogP contribution in [0.1, 0.15) is 12.0 Å². The van der Waals surface area contributed by atoms with Gasteiger partial charge >= 0.3 is 5.97 Å². The van der Waals surface area contributed by atoms with Gasteiger partial charge in [-0.15, -0.1) is 12.6 Å². The number of methoxy groups -OCH3 is 1. The molecule has 2 nitrogen and oxygen atoms in total. The minimum absolute atomic E-state index is 0.230. The number of carbonyl (C=O) groups is 1. The van der Waals surface area contributed by atoms with Crippen molar-refractivity contribution < 1.29 is 9.53 Å². The summed E-state index contributed by atoms with van der Waals surface area (Å²) in [7, 11) is 1.38. The number of rotatable bonds is 3. The number of ether oxygens (including phenoxy) is 1. The Morgan fingerprint density at radius 2 is 2.07 bits per heavy atom. The van der Waals surface area contributed by atoms with E-state index in [1.807, 2.05) is 30.3 Å². The van der Waals surface area contributed by atoms with Crippen molar-refractivity contribution in [1.82, 2.24) is 0 Å². The highest BCUT2D eigenvalue weighted by Gasteiger charge is 1.93. The van der Waals surface area contributed by atoms with E-state index in [1.165, 1.54) is 7.11 Å². The molecule has 0 saturated carbocycles. The molecule has 0 unspecified atom stereocenters. The van der Waals surface area contributed by atoms with Gasteiger partial charge in [0, 0.05) is 4.90 Å². The predicted octanol–water partition coefficient (Wildman–Crippen LogP) is 2.55. The summed E-state index contributed by atoms with van der Waals surface area (Å²) >= 11 is 4.17. The van der Waals surface area contributed by atoms with Crippen LogP contribution < -0.4 is 0 Å². The molecule has 0 spiro atoms. The van der Waals surface area contributed by atoms with Gasteiger partial charge in [0.2, 0.25) is 0 Å². The van der Waals surface area contributed by atoms with Gasteiger partial charge < -0.3 is 4.74 Å². The molecule has 3 heteroatoms. The van der Waals surface area contributed by atoms with E-state index in [9.17, 15) is 4.79 Å². The Kier molecular flexibility index (Phi) is 4.26. The van der Waals surface area contributed by atoms with Crippen molar-refractivity contribution in [3.8, 4) is 0 Å². The zero-order chi connectivity index (χ0) is 10.4. The largest absolute Gasteiger partial charge is 0.469 e. The fraction of sp³-hybridized carbons (Fsp3) is 0.182. The van der Waals surface area contributed by atoms with Crippen LogP contribution in [0.5, 0.6) is 0 Å². The molecular weight excluding hydrogens is 196 g/mol. The van der Waals surface area contributed by atoms with Crippen molar-refractivity contribution in [3.05, 3.63) is 35.9 Å². The number of hydrogen-bond acceptors (Lipinski definition) is 3. The van der Waals surface area contributed by atoms with Crippen LogP contribution in [0.4, 0.5) is 0 Å². The third-order valence-corrected chi connectivity index (χ3v) is 2.01. The first-order chi connectivity index (χ1) is 6.72. The molecule has 0 heterocycles. The Bertz CT molecular complexity index is 328. The van der Waals surface area contributed by atoms with Crippen molar-refractivity contribution in [2.24, 2.45) is 0 Å². The number of hydrogen-bond donors (Lipinski definition) is 1. The van der Waals surface area contributed by atoms with Gasteiger partial charge in [0.15, 0.2) is 0 Å². The van der Waals surface area contributed by atoms with Gasteiger partial charge in [0.05, 0.1) is 13.5 Å². The van der Waals surface area contributed by atoms with Gasteiger partial charge in [0.1, 0.15) is 0 Å². The van der Waals surface area contributed by atoms with Crippen LogP contribution in [0.25, 0.3) is 6.08 Å². The Hall–Kier alpha value is -1.22. The number of benzene rings is 1. The average Bonchev–Trinajstić information content (AvgIpc) is 2.21. The van der Waals surface area contributed by atoms with Crippen LogP contribution >= 0.6 is 12.6 Å². The van der Waals surface area contributed by atoms with E-state index in [2.05, 4.69) is 17.4 Å². The van der Waals surface area contributed by atoms with E-state index in [0.717, 1.165) is 10.5 Å². The minimum Gasteiger partial charge on any atom is -0.469 e. The van der Waals surface area contributed by atoms with Gasteiger partial charge in [-0.3, -0.25) is 4.79 Å². The van der Waals surface area contributed by atoms with Crippen molar-refractivity contribution in [1.29, 1.82) is 0 Å². The summed E-state index contributed by atoms with van der Waals surface area (Å²) in [5, 5.41) is 0. The van der Waals surface area contributed by atoms with Crippen molar-refractivity contribution in [2.45, 2.75) is 11.3 Å². The second kappa shape index (κ2) is 5.50.